The molecule has 92 valence electrons. The van der Waals surface area contributed by atoms with Crippen molar-refractivity contribution in [3.8, 4) is 0 Å². The van der Waals surface area contributed by atoms with E-state index in [-0.39, 0.29) is 6.10 Å². The minimum atomic E-state index is -1.05. The third-order valence-corrected chi connectivity index (χ3v) is 2.49. The summed E-state index contributed by atoms with van der Waals surface area (Å²) in [6.45, 7) is 2.72. The summed E-state index contributed by atoms with van der Waals surface area (Å²) in [5.74, 6) is -1.05. The second-order valence-corrected chi connectivity index (χ2v) is 3.88. The van der Waals surface area contributed by atoms with Gasteiger partial charge in [0.05, 0.1) is 6.10 Å². The Kier molecular flexibility index (Phi) is 5.04. The SMILES string of the molecule is CC(NC(=O)NCCC1CCCO1)C(=O)O. The molecule has 0 bridgehead atoms. The lowest BCUT2D eigenvalue weighted by Crippen LogP contribution is -2.44. The molecule has 16 heavy (non-hydrogen) atoms. The number of carboxylic acids is 1. The van der Waals surface area contributed by atoms with E-state index >= 15 is 0 Å². The van der Waals surface area contributed by atoms with Gasteiger partial charge in [-0.05, 0) is 26.2 Å². The number of carboxylic acid groups (broad SMARTS) is 1. The van der Waals surface area contributed by atoms with Crippen LogP contribution in [0.1, 0.15) is 26.2 Å². The molecule has 1 heterocycles. The van der Waals surface area contributed by atoms with Crippen LogP contribution in [0.15, 0.2) is 0 Å². The summed E-state index contributed by atoms with van der Waals surface area (Å²) in [6.07, 6.45) is 3.12. The molecule has 2 atom stereocenters. The van der Waals surface area contributed by atoms with E-state index in [2.05, 4.69) is 10.6 Å². The van der Waals surface area contributed by atoms with Crippen molar-refractivity contribution in [2.75, 3.05) is 13.2 Å². The second kappa shape index (κ2) is 6.32. The van der Waals surface area contributed by atoms with Crippen LogP contribution in [-0.4, -0.2) is 42.4 Å². The smallest absolute Gasteiger partial charge is 0.325 e. The Bertz CT molecular complexity index is 251. The van der Waals surface area contributed by atoms with Crippen LogP contribution in [0.25, 0.3) is 0 Å². The second-order valence-electron chi connectivity index (χ2n) is 3.88. The van der Waals surface area contributed by atoms with Gasteiger partial charge in [-0.3, -0.25) is 4.79 Å². The van der Waals surface area contributed by atoms with Crippen molar-refractivity contribution in [2.24, 2.45) is 0 Å². The normalized spacial score (nSPS) is 21.4. The van der Waals surface area contributed by atoms with E-state index in [1.54, 1.807) is 0 Å². The Hall–Kier alpha value is -1.30. The summed E-state index contributed by atoms with van der Waals surface area (Å²) in [7, 11) is 0. The van der Waals surface area contributed by atoms with Crippen LogP contribution < -0.4 is 10.6 Å². The summed E-state index contributed by atoms with van der Waals surface area (Å²) < 4.78 is 5.39. The van der Waals surface area contributed by atoms with Crippen molar-refractivity contribution in [3.63, 3.8) is 0 Å². The molecule has 0 spiro atoms. The molecule has 1 rings (SSSR count). The van der Waals surface area contributed by atoms with Crippen molar-refractivity contribution >= 4 is 12.0 Å². The van der Waals surface area contributed by atoms with Crippen LogP contribution in [0.2, 0.25) is 0 Å². The first-order valence-corrected chi connectivity index (χ1v) is 5.48. The molecule has 2 unspecified atom stereocenters. The molecule has 0 saturated carbocycles. The highest BCUT2D eigenvalue weighted by Crippen LogP contribution is 2.14. The fourth-order valence-corrected chi connectivity index (χ4v) is 1.53. The first-order valence-electron chi connectivity index (χ1n) is 5.48. The van der Waals surface area contributed by atoms with E-state index in [4.69, 9.17) is 9.84 Å². The van der Waals surface area contributed by atoms with Gasteiger partial charge in [-0.15, -0.1) is 0 Å². The number of hydrogen-bond acceptors (Lipinski definition) is 3. The molecule has 1 saturated heterocycles. The third-order valence-electron chi connectivity index (χ3n) is 2.49. The van der Waals surface area contributed by atoms with Gasteiger partial charge in [0.2, 0.25) is 0 Å². The van der Waals surface area contributed by atoms with Crippen molar-refractivity contribution in [2.45, 2.75) is 38.3 Å². The van der Waals surface area contributed by atoms with Gasteiger partial charge >= 0.3 is 12.0 Å². The molecule has 0 aromatic carbocycles. The van der Waals surface area contributed by atoms with Crippen molar-refractivity contribution in [1.82, 2.24) is 10.6 Å². The standard InChI is InChI=1S/C10H18N2O4/c1-7(9(13)14)12-10(15)11-5-4-8-3-2-6-16-8/h7-8H,2-6H2,1H3,(H,13,14)(H2,11,12,15). The number of rotatable bonds is 5. The zero-order valence-corrected chi connectivity index (χ0v) is 9.36. The largest absolute Gasteiger partial charge is 0.480 e. The van der Waals surface area contributed by atoms with Crippen LogP contribution in [0, 0.1) is 0 Å². The Morgan fingerprint density at radius 2 is 2.31 bits per heavy atom. The number of amides is 2. The molecule has 0 aromatic heterocycles. The monoisotopic (exact) mass is 230 g/mol. The maximum absolute atomic E-state index is 11.2. The average molecular weight is 230 g/mol. The molecule has 0 aliphatic carbocycles. The van der Waals surface area contributed by atoms with E-state index in [9.17, 15) is 9.59 Å². The van der Waals surface area contributed by atoms with Crippen LogP contribution in [-0.2, 0) is 9.53 Å². The molecular formula is C10H18N2O4. The molecule has 0 aromatic rings. The minimum absolute atomic E-state index is 0.234. The quantitative estimate of drug-likeness (QED) is 0.635. The van der Waals surface area contributed by atoms with Crippen LogP contribution >= 0.6 is 0 Å². The number of hydrogen-bond donors (Lipinski definition) is 3. The predicted octanol–water partition coefficient (Wildman–Crippen LogP) is 0.328. The average Bonchev–Trinajstić information content (AvgIpc) is 2.70. The molecule has 6 nitrogen and oxygen atoms in total. The fraction of sp³-hybridized carbons (Fsp3) is 0.800. The maximum atomic E-state index is 11.2. The van der Waals surface area contributed by atoms with Gasteiger partial charge in [0.15, 0.2) is 0 Å². The molecule has 6 heteroatoms. The summed E-state index contributed by atoms with van der Waals surface area (Å²) in [5, 5.41) is 13.5. The Morgan fingerprint density at radius 1 is 1.56 bits per heavy atom. The van der Waals surface area contributed by atoms with E-state index < -0.39 is 18.0 Å². The number of carbonyl (C=O) groups excluding carboxylic acids is 1. The van der Waals surface area contributed by atoms with Gasteiger partial charge in [0.1, 0.15) is 6.04 Å². The van der Waals surface area contributed by atoms with Crippen LogP contribution in [0.3, 0.4) is 0 Å². The predicted molar refractivity (Wildman–Crippen MR) is 57.2 cm³/mol. The lowest BCUT2D eigenvalue weighted by Gasteiger charge is -2.12. The van der Waals surface area contributed by atoms with Gasteiger partial charge < -0.3 is 20.5 Å². The zero-order valence-electron chi connectivity index (χ0n) is 9.36. The maximum Gasteiger partial charge on any atom is 0.325 e. The molecule has 3 N–H and O–H groups in total. The highest BCUT2D eigenvalue weighted by molar-refractivity contribution is 5.82. The molecule has 1 aliphatic rings. The van der Waals surface area contributed by atoms with Crippen LogP contribution in [0.4, 0.5) is 4.79 Å². The number of carbonyl (C=O) groups is 2. The molecule has 2 amide bonds. The number of ether oxygens (including phenoxy) is 1. The summed E-state index contributed by atoms with van der Waals surface area (Å²) in [6, 6.07) is -1.32. The first-order chi connectivity index (χ1) is 7.59. The molecule has 0 radical (unpaired) electrons. The van der Waals surface area contributed by atoms with E-state index in [1.807, 2.05) is 0 Å². The zero-order chi connectivity index (χ0) is 12.0. The molecule has 1 aliphatic heterocycles. The van der Waals surface area contributed by atoms with E-state index in [1.165, 1.54) is 6.92 Å². The van der Waals surface area contributed by atoms with Gasteiger partial charge in [-0.25, -0.2) is 4.79 Å². The topological polar surface area (TPSA) is 87.7 Å². The Morgan fingerprint density at radius 3 is 2.88 bits per heavy atom. The fourth-order valence-electron chi connectivity index (χ4n) is 1.53. The minimum Gasteiger partial charge on any atom is -0.480 e. The Labute approximate surface area is 94.3 Å². The first kappa shape index (κ1) is 12.8. The van der Waals surface area contributed by atoms with E-state index in [0.29, 0.717) is 6.54 Å². The lowest BCUT2D eigenvalue weighted by atomic mass is 10.2. The highest BCUT2D eigenvalue weighted by Gasteiger charge is 2.16. The van der Waals surface area contributed by atoms with Gasteiger partial charge in [0, 0.05) is 13.2 Å². The van der Waals surface area contributed by atoms with Crippen molar-refractivity contribution < 1.29 is 19.4 Å². The summed E-state index contributed by atoms with van der Waals surface area (Å²) in [5.41, 5.74) is 0. The number of nitrogens with one attached hydrogen (secondary N) is 2. The number of aliphatic carboxylic acids is 1. The summed E-state index contributed by atoms with van der Waals surface area (Å²) >= 11 is 0. The number of urea groups is 1. The van der Waals surface area contributed by atoms with E-state index in [0.717, 1.165) is 25.9 Å². The van der Waals surface area contributed by atoms with Crippen molar-refractivity contribution in [3.05, 3.63) is 0 Å². The van der Waals surface area contributed by atoms with Gasteiger partial charge in [-0.2, -0.15) is 0 Å². The summed E-state index contributed by atoms with van der Waals surface area (Å²) in [4.78, 5) is 21.7. The third kappa shape index (κ3) is 4.48. The highest BCUT2D eigenvalue weighted by atomic mass is 16.5. The van der Waals surface area contributed by atoms with Crippen molar-refractivity contribution in [1.29, 1.82) is 0 Å². The molecular weight excluding hydrogens is 212 g/mol. The van der Waals surface area contributed by atoms with Crippen LogP contribution in [0.5, 0.6) is 0 Å². The van der Waals surface area contributed by atoms with Gasteiger partial charge in [-0.1, -0.05) is 0 Å². The Balaban J connectivity index is 2.07. The van der Waals surface area contributed by atoms with Gasteiger partial charge in [0.25, 0.3) is 0 Å². The lowest BCUT2D eigenvalue weighted by molar-refractivity contribution is -0.138. The molecule has 1 fully saturated rings.